The van der Waals surface area contributed by atoms with Crippen molar-refractivity contribution in [3.8, 4) is 0 Å². The van der Waals surface area contributed by atoms with E-state index in [1.54, 1.807) is 4.90 Å². The molecule has 5 heteroatoms. The number of hydrogen-bond donors (Lipinski definition) is 1. The minimum Gasteiger partial charge on any atom is -0.304 e. The minimum atomic E-state index is -0.279. The molecular formula is C16H27N3O2. The van der Waals surface area contributed by atoms with Crippen LogP contribution in [-0.4, -0.2) is 59.4 Å². The maximum Gasteiger partial charge on any atom is 0.247 e. The third-order valence-corrected chi connectivity index (χ3v) is 5.52. The van der Waals surface area contributed by atoms with E-state index in [-0.39, 0.29) is 23.9 Å². The van der Waals surface area contributed by atoms with Gasteiger partial charge in [-0.3, -0.25) is 14.5 Å². The molecule has 2 aliphatic heterocycles. The molecule has 1 N–H and O–H groups in total. The van der Waals surface area contributed by atoms with Crippen LogP contribution in [0.3, 0.4) is 0 Å². The van der Waals surface area contributed by atoms with E-state index in [1.807, 2.05) is 0 Å². The summed E-state index contributed by atoms with van der Waals surface area (Å²) in [4.78, 5) is 28.7. The fraction of sp³-hybridized carbons (Fsp3) is 0.875. The summed E-state index contributed by atoms with van der Waals surface area (Å²) >= 11 is 0. The Labute approximate surface area is 127 Å². The number of rotatable bonds is 3. The predicted molar refractivity (Wildman–Crippen MR) is 80.8 cm³/mol. The number of amides is 2. The van der Waals surface area contributed by atoms with Gasteiger partial charge in [0.1, 0.15) is 0 Å². The van der Waals surface area contributed by atoms with Crippen LogP contribution in [0.4, 0.5) is 0 Å². The van der Waals surface area contributed by atoms with Crippen LogP contribution in [0.25, 0.3) is 0 Å². The molecule has 2 saturated heterocycles. The average molecular weight is 293 g/mol. The fourth-order valence-electron chi connectivity index (χ4n) is 4.05. The minimum absolute atomic E-state index is 0.0264. The van der Waals surface area contributed by atoms with Crippen molar-refractivity contribution in [2.45, 2.75) is 76.0 Å². The summed E-state index contributed by atoms with van der Waals surface area (Å²) in [5.41, 5.74) is 0. The van der Waals surface area contributed by atoms with Crippen LogP contribution >= 0.6 is 0 Å². The van der Waals surface area contributed by atoms with Crippen molar-refractivity contribution in [3.05, 3.63) is 0 Å². The maximum absolute atomic E-state index is 12.6. The average Bonchev–Trinajstić information content (AvgIpc) is 3.04. The Balaban J connectivity index is 1.59. The molecule has 0 aromatic rings. The van der Waals surface area contributed by atoms with Crippen molar-refractivity contribution in [2.75, 3.05) is 13.6 Å². The van der Waals surface area contributed by atoms with Gasteiger partial charge in [0.2, 0.25) is 11.8 Å². The van der Waals surface area contributed by atoms with Gasteiger partial charge in [-0.1, -0.05) is 12.8 Å². The topological polar surface area (TPSA) is 52.7 Å². The molecule has 0 spiro atoms. The van der Waals surface area contributed by atoms with E-state index in [0.717, 1.165) is 45.1 Å². The molecule has 1 aliphatic carbocycles. The van der Waals surface area contributed by atoms with Gasteiger partial charge in [-0.2, -0.15) is 0 Å². The van der Waals surface area contributed by atoms with Crippen molar-refractivity contribution < 1.29 is 9.59 Å². The first-order valence-electron chi connectivity index (χ1n) is 8.38. The molecule has 0 aromatic heterocycles. The van der Waals surface area contributed by atoms with Crippen molar-refractivity contribution >= 4 is 11.8 Å². The van der Waals surface area contributed by atoms with Gasteiger partial charge < -0.3 is 10.2 Å². The Hall–Kier alpha value is -0.940. The molecule has 21 heavy (non-hydrogen) atoms. The Kier molecular flexibility index (Phi) is 4.31. The number of hydrogen-bond acceptors (Lipinski definition) is 4. The van der Waals surface area contributed by atoms with Gasteiger partial charge in [0.05, 0.1) is 12.5 Å². The molecular weight excluding hydrogens is 266 g/mol. The molecule has 2 heterocycles. The Morgan fingerprint density at radius 3 is 2.52 bits per heavy atom. The van der Waals surface area contributed by atoms with Gasteiger partial charge >= 0.3 is 0 Å². The third-order valence-electron chi connectivity index (χ3n) is 5.52. The zero-order chi connectivity index (χ0) is 15.0. The van der Waals surface area contributed by atoms with E-state index in [4.69, 9.17) is 0 Å². The maximum atomic E-state index is 12.6. The van der Waals surface area contributed by atoms with Gasteiger partial charge in [-0.15, -0.1) is 0 Å². The second kappa shape index (κ2) is 6.05. The number of carbonyl (C=O) groups excluding carboxylic acids is 2. The van der Waals surface area contributed by atoms with E-state index in [9.17, 15) is 9.59 Å². The van der Waals surface area contributed by atoms with E-state index in [0.29, 0.717) is 18.5 Å². The van der Waals surface area contributed by atoms with Crippen LogP contribution in [0.1, 0.15) is 51.9 Å². The second-order valence-corrected chi connectivity index (χ2v) is 7.01. The zero-order valence-corrected chi connectivity index (χ0v) is 13.2. The first-order chi connectivity index (χ1) is 10.1. The molecule has 2 amide bonds. The molecule has 3 aliphatic rings. The summed E-state index contributed by atoms with van der Waals surface area (Å²) in [6.45, 7) is 3.28. The number of piperidine rings is 1. The molecule has 118 valence electrons. The molecule has 3 fully saturated rings. The van der Waals surface area contributed by atoms with Gasteiger partial charge in [-0.25, -0.2) is 0 Å². The van der Waals surface area contributed by atoms with Crippen molar-refractivity contribution in [1.82, 2.24) is 15.1 Å². The zero-order valence-electron chi connectivity index (χ0n) is 13.2. The highest BCUT2D eigenvalue weighted by atomic mass is 16.2. The first kappa shape index (κ1) is 15.0. The van der Waals surface area contributed by atoms with Crippen molar-refractivity contribution in [2.24, 2.45) is 0 Å². The Morgan fingerprint density at radius 2 is 1.86 bits per heavy atom. The summed E-state index contributed by atoms with van der Waals surface area (Å²) in [6.07, 6.45) is 6.75. The monoisotopic (exact) mass is 293 g/mol. The summed E-state index contributed by atoms with van der Waals surface area (Å²) in [5, 5.41) is 3.46. The fourth-order valence-corrected chi connectivity index (χ4v) is 4.05. The van der Waals surface area contributed by atoms with Crippen molar-refractivity contribution in [3.63, 3.8) is 0 Å². The lowest BCUT2D eigenvalue weighted by Gasteiger charge is -2.36. The van der Waals surface area contributed by atoms with E-state index < -0.39 is 0 Å². The molecule has 3 unspecified atom stereocenters. The summed E-state index contributed by atoms with van der Waals surface area (Å²) in [6, 6.07) is 0.794. The van der Waals surface area contributed by atoms with Crippen LogP contribution in [-0.2, 0) is 9.59 Å². The number of nitrogens with zero attached hydrogens (tertiary/aromatic N) is 2. The molecule has 5 nitrogen and oxygen atoms in total. The molecule has 0 aromatic carbocycles. The number of carbonyl (C=O) groups is 2. The first-order valence-corrected chi connectivity index (χ1v) is 8.38. The lowest BCUT2D eigenvalue weighted by atomic mass is 9.98. The van der Waals surface area contributed by atoms with Crippen LogP contribution in [0, 0.1) is 0 Å². The largest absolute Gasteiger partial charge is 0.304 e. The lowest BCUT2D eigenvalue weighted by molar-refractivity contribution is -0.141. The van der Waals surface area contributed by atoms with Crippen LogP contribution in [0.5, 0.6) is 0 Å². The second-order valence-electron chi connectivity index (χ2n) is 7.01. The summed E-state index contributed by atoms with van der Waals surface area (Å²) in [5.74, 6) is 0.0591. The molecule has 1 saturated carbocycles. The Bertz CT molecular complexity index is 420. The highest BCUT2D eigenvalue weighted by molar-refractivity contribution is 6.05. The van der Waals surface area contributed by atoms with Gasteiger partial charge in [0, 0.05) is 18.1 Å². The number of imide groups is 1. The smallest absolute Gasteiger partial charge is 0.247 e. The van der Waals surface area contributed by atoms with E-state index >= 15 is 0 Å². The summed E-state index contributed by atoms with van der Waals surface area (Å²) in [7, 11) is 2.15. The highest BCUT2D eigenvalue weighted by Gasteiger charge is 2.43. The predicted octanol–water partition coefficient (Wildman–Crippen LogP) is 1.13. The third kappa shape index (κ3) is 2.99. The summed E-state index contributed by atoms with van der Waals surface area (Å²) < 4.78 is 0. The lowest BCUT2D eigenvalue weighted by Crippen LogP contribution is -2.51. The number of nitrogens with one attached hydrogen (secondary N) is 1. The normalized spacial score (nSPS) is 35.9. The standard InChI is InChI=1S/C16H27N3O2/c1-11-9-12(7-8-18(11)2)17-14-10-15(20)19(16(14)21)13-5-3-4-6-13/h11-14,17H,3-10H2,1-2H3. The van der Waals surface area contributed by atoms with Crippen LogP contribution in [0.2, 0.25) is 0 Å². The molecule has 0 radical (unpaired) electrons. The number of likely N-dealkylation sites (tertiary alicyclic amines) is 2. The van der Waals surface area contributed by atoms with Crippen molar-refractivity contribution in [1.29, 1.82) is 0 Å². The van der Waals surface area contributed by atoms with Crippen LogP contribution in [0.15, 0.2) is 0 Å². The molecule has 3 rings (SSSR count). The molecule has 0 bridgehead atoms. The van der Waals surface area contributed by atoms with Gasteiger partial charge in [-0.05, 0) is 46.2 Å². The van der Waals surface area contributed by atoms with E-state index in [2.05, 4.69) is 24.2 Å². The SMILES string of the molecule is CC1CC(NC2CC(=O)N(C3CCCC3)C2=O)CCN1C. The highest BCUT2D eigenvalue weighted by Crippen LogP contribution is 2.28. The van der Waals surface area contributed by atoms with Gasteiger partial charge in [0.15, 0.2) is 0 Å². The Morgan fingerprint density at radius 1 is 1.14 bits per heavy atom. The van der Waals surface area contributed by atoms with Gasteiger partial charge in [0.25, 0.3) is 0 Å². The van der Waals surface area contributed by atoms with E-state index in [1.165, 1.54) is 0 Å². The van der Waals surface area contributed by atoms with Crippen LogP contribution < -0.4 is 5.32 Å². The molecule has 3 atom stereocenters. The quantitative estimate of drug-likeness (QED) is 0.793.